The zero-order chi connectivity index (χ0) is 18.5. The minimum absolute atomic E-state index is 0.813. The summed E-state index contributed by atoms with van der Waals surface area (Å²) in [4.78, 5) is 4.86. The Kier molecular flexibility index (Phi) is 6.01. The van der Waals surface area contributed by atoms with Gasteiger partial charge in [-0.3, -0.25) is 4.90 Å². The molecule has 0 fully saturated rings. The van der Waals surface area contributed by atoms with E-state index in [1.54, 1.807) is 14.2 Å². The smallest absolute Gasteiger partial charge is 0.161 e. The quantitative estimate of drug-likeness (QED) is 0.774. The fourth-order valence-corrected chi connectivity index (χ4v) is 3.46. The lowest BCUT2D eigenvalue weighted by atomic mass is 9.99. The van der Waals surface area contributed by atoms with Gasteiger partial charge in [0.25, 0.3) is 0 Å². The number of ether oxygens (including phenoxy) is 2. The predicted molar refractivity (Wildman–Crippen MR) is 106 cm³/mol. The monoisotopic (exact) mass is 355 g/mol. The molecule has 5 nitrogen and oxygen atoms in total. The molecule has 0 bridgehead atoms. The number of nitrogens with zero attached hydrogens (tertiary/aromatic N) is 2. The summed E-state index contributed by atoms with van der Waals surface area (Å²) >= 11 is 0. The van der Waals surface area contributed by atoms with Gasteiger partial charge in [-0.25, -0.2) is 0 Å². The number of nitrogen functional groups attached to an aromatic ring is 1. The highest BCUT2D eigenvalue weighted by atomic mass is 16.5. The van der Waals surface area contributed by atoms with Gasteiger partial charge in [0, 0.05) is 38.4 Å². The van der Waals surface area contributed by atoms with Gasteiger partial charge >= 0.3 is 0 Å². The van der Waals surface area contributed by atoms with Gasteiger partial charge in [-0.05, 0) is 54.4 Å². The van der Waals surface area contributed by atoms with Gasteiger partial charge in [0.15, 0.2) is 11.5 Å². The van der Waals surface area contributed by atoms with E-state index in [1.807, 2.05) is 12.1 Å². The van der Waals surface area contributed by atoms with Crippen LogP contribution in [0.4, 0.5) is 5.69 Å². The third kappa shape index (κ3) is 4.48. The molecule has 2 aromatic carbocycles. The molecule has 0 radical (unpaired) electrons. The number of likely N-dealkylation sites (N-methyl/N-ethyl adjacent to an activating group) is 1. The van der Waals surface area contributed by atoms with Crippen molar-refractivity contribution < 1.29 is 9.47 Å². The molecule has 0 unspecified atom stereocenters. The van der Waals surface area contributed by atoms with Crippen molar-refractivity contribution in [1.82, 2.24) is 9.80 Å². The van der Waals surface area contributed by atoms with Crippen LogP contribution in [0, 0.1) is 0 Å². The van der Waals surface area contributed by atoms with E-state index in [2.05, 4.69) is 41.1 Å². The number of anilines is 1. The summed E-state index contributed by atoms with van der Waals surface area (Å²) < 4.78 is 10.9. The first-order valence-electron chi connectivity index (χ1n) is 9.08. The number of hydrogen-bond donors (Lipinski definition) is 1. The van der Waals surface area contributed by atoms with Gasteiger partial charge in [-0.2, -0.15) is 0 Å². The highest BCUT2D eigenvalue weighted by Gasteiger charge is 2.19. The zero-order valence-electron chi connectivity index (χ0n) is 16.0. The Bertz CT molecular complexity index is 731. The Morgan fingerprint density at radius 2 is 1.69 bits per heavy atom. The number of nitrogens with two attached hydrogens (primary N) is 1. The van der Waals surface area contributed by atoms with Crippen molar-refractivity contribution in [2.24, 2.45) is 0 Å². The molecule has 0 saturated carbocycles. The highest BCUT2D eigenvalue weighted by Crippen LogP contribution is 2.33. The molecule has 1 heterocycles. The van der Waals surface area contributed by atoms with Gasteiger partial charge in [-0.1, -0.05) is 12.1 Å². The SMILES string of the molecule is COc1cc2c(cc1OC)CN(CCN(C)Cc1ccc(N)cc1)CC2. The van der Waals surface area contributed by atoms with Crippen molar-refractivity contribution in [3.8, 4) is 11.5 Å². The van der Waals surface area contributed by atoms with Crippen LogP contribution in [0.15, 0.2) is 36.4 Å². The second-order valence-corrected chi connectivity index (χ2v) is 6.98. The molecule has 0 aliphatic carbocycles. The lowest BCUT2D eigenvalue weighted by Crippen LogP contribution is -2.36. The van der Waals surface area contributed by atoms with Crippen molar-refractivity contribution in [2.45, 2.75) is 19.5 Å². The minimum Gasteiger partial charge on any atom is -0.493 e. The van der Waals surface area contributed by atoms with E-state index in [9.17, 15) is 0 Å². The summed E-state index contributed by atoms with van der Waals surface area (Å²) in [6, 6.07) is 12.4. The first-order chi connectivity index (χ1) is 12.6. The summed E-state index contributed by atoms with van der Waals surface area (Å²) in [6.45, 7) is 5.07. The Labute approximate surface area is 156 Å². The van der Waals surface area contributed by atoms with Crippen molar-refractivity contribution in [2.75, 3.05) is 46.6 Å². The molecular formula is C21H29N3O2. The summed E-state index contributed by atoms with van der Waals surface area (Å²) in [7, 11) is 5.55. The van der Waals surface area contributed by atoms with Crippen LogP contribution in [-0.4, -0.2) is 50.7 Å². The summed E-state index contributed by atoms with van der Waals surface area (Å²) in [5.41, 5.74) is 10.6. The van der Waals surface area contributed by atoms with E-state index < -0.39 is 0 Å². The molecule has 0 saturated heterocycles. The summed E-state index contributed by atoms with van der Waals surface area (Å²) in [6.07, 6.45) is 1.05. The highest BCUT2D eigenvalue weighted by molar-refractivity contribution is 5.48. The van der Waals surface area contributed by atoms with Gasteiger partial charge < -0.3 is 20.1 Å². The summed E-state index contributed by atoms with van der Waals surface area (Å²) in [5.74, 6) is 1.64. The first-order valence-corrected chi connectivity index (χ1v) is 9.08. The topological polar surface area (TPSA) is 51.0 Å². The van der Waals surface area contributed by atoms with Crippen molar-refractivity contribution in [3.63, 3.8) is 0 Å². The van der Waals surface area contributed by atoms with Crippen LogP contribution >= 0.6 is 0 Å². The van der Waals surface area contributed by atoms with Gasteiger partial charge in [-0.15, -0.1) is 0 Å². The Morgan fingerprint density at radius 3 is 2.35 bits per heavy atom. The number of rotatable bonds is 7. The maximum atomic E-state index is 5.75. The van der Waals surface area contributed by atoms with Crippen molar-refractivity contribution in [1.29, 1.82) is 0 Å². The normalized spacial score (nSPS) is 14.3. The van der Waals surface area contributed by atoms with Crippen LogP contribution in [-0.2, 0) is 19.5 Å². The lowest BCUT2D eigenvalue weighted by Gasteiger charge is -2.31. The van der Waals surface area contributed by atoms with Gasteiger partial charge in [0.05, 0.1) is 14.2 Å². The number of fused-ring (bicyclic) bond motifs is 1. The molecule has 3 rings (SSSR count). The van der Waals surface area contributed by atoms with E-state index in [1.165, 1.54) is 16.7 Å². The van der Waals surface area contributed by atoms with Gasteiger partial charge in [0.1, 0.15) is 0 Å². The van der Waals surface area contributed by atoms with E-state index >= 15 is 0 Å². The van der Waals surface area contributed by atoms with Crippen LogP contribution in [0.1, 0.15) is 16.7 Å². The van der Waals surface area contributed by atoms with Gasteiger partial charge in [0.2, 0.25) is 0 Å². The molecular weight excluding hydrogens is 326 g/mol. The second-order valence-electron chi connectivity index (χ2n) is 6.98. The van der Waals surface area contributed by atoms with E-state index in [0.29, 0.717) is 0 Å². The standard InChI is InChI=1S/C21H29N3O2/c1-23(14-16-4-6-19(22)7-5-16)10-11-24-9-8-17-12-20(25-2)21(26-3)13-18(17)15-24/h4-7,12-13H,8-11,14-15,22H2,1-3H3. The number of hydrogen-bond acceptors (Lipinski definition) is 5. The van der Waals surface area contributed by atoms with Crippen LogP contribution in [0.3, 0.4) is 0 Å². The van der Waals surface area contributed by atoms with Crippen molar-refractivity contribution in [3.05, 3.63) is 53.1 Å². The molecule has 0 spiro atoms. The number of methoxy groups -OCH3 is 2. The molecule has 26 heavy (non-hydrogen) atoms. The van der Waals surface area contributed by atoms with Crippen LogP contribution < -0.4 is 15.2 Å². The van der Waals surface area contributed by atoms with Crippen LogP contribution in [0.2, 0.25) is 0 Å². The average molecular weight is 355 g/mol. The second kappa shape index (κ2) is 8.43. The molecule has 2 aromatic rings. The lowest BCUT2D eigenvalue weighted by molar-refractivity contribution is 0.207. The average Bonchev–Trinajstić information content (AvgIpc) is 2.66. The number of benzene rings is 2. The molecule has 0 aromatic heterocycles. The molecule has 2 N–H and O–H groups in total. The maximum absolute atomic E-state index is 5.75. The molecule has 1 aliphatic rings. The zero-order valence-corrected chi connectivity index (χ0v) is 16.0. The van der Waals surface area contributed by atoms with E-state index in [-0.39, 0.29) is 0 Å². The fraction of sp³-hybridized carbons (Fsp3) is 0.429. The Morgan fingerprint density at radius 1 is 1.04 bits per heavy atom. The largest absolute Gasteiger partial charge is 0.493 e. The maximum Gasteiger partial charge on any atom is 0.161 e. The third-order valence-electron chi connectivity index (χ3n) is 5.03. The Hall–Kier alpha value is -2.24. The van der Waals surface area contributed by atoms with E-state index in [4.69, 9.17) is 15.2 Å². The molecule has 0 atom stereocenters. The summed E-state index contributed by atoms with van der Waals surface area (Å²) in [5, 5.41) is 0. The molecule has 0 amide bonds. The third-order valence-corrected chi connectivity index (χ3v) is 5.03. The fourth-order valence-electron chi connectivity index (χ4n) is 3.46. The Balaban J connectivity index is 1.55. The molecule has 5 heteroatoms. The van der Waals surface area contributed by atoms with Crippen molar-refractivity contribution >= 4 is 5.69 Å². The van der Waals surface area contributed by atoms with Crippen LogP contribution in [0.5, 0.6) is 11.5 Å². The van der Waals surface area contributed by atoms with Crippen LogP contribution in [0.25, 0.3) is 0 Å². The molecule has 1 aliphatic heterocycles. The first kappa shape index (κ1) is 18.5. The predicted octanol–water partition coefficient (Wildman–Crippen LogP) is 2.78. The minimum atomic E-state index is 0.813. The van der Waals surface area contributed by atoms with E-state index in [0.717, 1.165) is 56.3 Å². The molecule has 140 valence electrons.